The van der Waals surface area contributed by atoms with E-state index in [9.17, 15) is 5.11 Å². The molecular weight excluding hydrogens is 402 g/mol. The summed E-state index contributed by atoms with van der Waals surface area (Å²) < 4.78 is 0. The van der Waals surface area contributed by atoms with Crippen LogP contribution in [0.25, 0.3) is 0 Å². The second-order valence-corrected chi connectivity index (χ2v) is 8.45. The van der Waals surface area contributed by atoms with Crippen molar-refractivity contribution in [3.05, 3.63) is 87.4 Å². The van der Waals surface area contributed by atoms with Crippen LogP contribution in [0.5, 0.6) is 5.88 Å². The van der Waals surface area contributed by atoms with Crippen LogP contribution in [0.1, 0.15) is 27.8 Å². The lowest BCUT2D eigenvalue weighted by atomic mass is 9.96. The molecule has 4 rings (SSSR count). The summed E-state index contributed by atoms with van der Waals surface area (Å²) in [5.74, 6) is 0.623. The van der Waals surface area contributed by atoms with E-state index < -0.39 is 0 Å². The Morgan fingerprint density at radius 3 is 2.62 bits per heavy atom. The first-order valence-electron chi connectivity index (χ1n) is 9.53. The van der Waals surface area contributed by atoms with E-state index in [1.165, 1.54) is 11.8 Å². The molecule has 0 aliphatic carbocycles. The molecule has 0 bridgehead atoms. The summed E-state index contributed by atoms with van der Waals surface area (Å²) in [6.07, 6.45) is 2.01. The van der Waals surface area contributed by atoms with Crippen LogP contribution < -0.4 is 0 Å². The van der Waals surface area contributed by atoms with Crippen LogP contribution in [0, 0.1) is 5.41 Å². The lowest BCUT2D eigenvalue weighted by Gasteiger charge is -2.31. The van der Waals surface area contributed by atoms with Gasteiger partial charge >= 0.3 is 0 Å². The van der Waals surface area contributed by atoms with Crippen molar-refractivity contribution in [2.24, 2.45) is 0 Å². The Labute approximate surface area is 180 Å². The second kappa shape index (κ2) is 8.99. The number of halogens is 1. The van der Waals surface area contributed by atoms with Crippen LogP contribution in [0.15, 0.2) is 59.6 Å². The van der Waals surface area contributed by atoms with Crippen LogP contribution in [-0.4, -0.2) is 27.7 Å². The topological polar surface area (TPSA) is 60.2 Å². The molecule has 2 aromatic carbocycles. The van der Waals surface area contributed by atoms with Gasteiger partial charge in [-0.1, -0.05) is 60.1 Å². The van der Waals surface area contributed by atoms with E-state index in [2.05, 4.69) is 34.1 Å². The molecule has 1 aliphatic rings. The van der Waals surface area contributed by atoms with E-state index in [0.29, 0.717) is 11.3 Å². The Balaban J connectivity index is 1.61. The predicted octanol–water partition coefficient (Wildman–Crippen LogP) is 5.29. The van der Waals surface area contributed by atoms with E-state index >= 15 is 0 Å². The van der Waals surface area contributed by atoms with Gasteiger partial charge in [-0.15, -0.1) is 11.8 Å². The molecule has 148 valence electrons. The third kappa shape index (κ3) is 4.47. The van der Waals surface area contributed by atoms with Gasteiger partial charge in [0.05, 0.1) is 5.56 Å². The third-order valence-electron chi connectivity index (χ3n) is 5.17. The van der Waals surface area contributed by atoms with Crippen molar-refractivity contribution in [1.82, 2.24) is 9.88 Å². The smallest absolute Gasteiger partial charge is 0.221 e. The number of benzene rings is 2. The van der Waals surface area contributed by atoms with E-state index in [4.69, 9.17) is 17.0 Å². The predicted molar refractivity (Wildman–Crippen MR) is 119 cm³/mol. The highest BCUT2D eigenvalue weighted by atomic mass is 35.5. The SMILES string of the molecule is N=Cc1c(O)nc(SCc2ccccc2Cl)c2c1CCN(Cc1ccccc1)C2. The standard InChI is InChI=1S/C23H22ClN3OS/c24-21-9-5-4-8-17(21)15-29-23-20-14-27(13-16-6-2-1-3-7-16)11-10-18(20)19(12-25)22(28)26-23/h1-9,12,25H,10-11,13-15H2,(H,26,28). The minimum absolute atomic E-state index is 0.0584. The van der Waals surface area contributed by atoms with Crippen molar-refractivity contribution < 1.29 is 5.11 Å². The minimum atomic E-state index is -0.0584. The van der Waals surface area contributed by atoms with Gasteiger partial charge in [0.1, 0.15) is 5.03 Å². The zero-order valence-corrected chi connectivity index (χ0v) is 17.5. The van der Waals surface area contributed by atoms with Gasteiger partial charge in [0.15, 0.2) is 0 Å². The first-order chi connectivity index (χ1) is 14.2. The molecule has 0 spiro atoms. The summed E-state index contributed by atoms with van der Waals surface area (Å²) in [5, 5.41) is 19.7. The normalized spacial score (nSPS) is 13.8. The molecule has 0 atom stereocenters. The average molecular weight is 424 g/mol. The summed E-state index contributed by atoms with van der Waals surface area (Å²) in [7, 11) is 0. The number of nitrogens with zero attached hydrogens (tertiary/aromatic N) is 2. The summed E-state index contributed by atoms with van der Waals surface area (Å²) in [6.45, 7) is 2.51. The molecule has 0 unspecified atom stereocenters. The minimum Gasteiger partial charge on any atom is -0.493 e. The summed E-state index contributed by atoms with van der Waals surface area (Å²) in [5.41, 5.74) is 5.02. The van der Waals surface area contributed by atoms with Gasteiger partial charge in [-0.25, -0.2) is 4.98 Å². The second-order valence-electron chi connectivity index (χ2n) is 7.08. The maximum Gasteiger partial charge on any atom is 0.221 e. The van der Waals surface area contributed by atoms with Crippen molar-refractivity contribution in [2.45, 2.75) is 30.3 Å². The van der Waals surface area contributed by atoms with Crippen LogP contribution >= 0.6 is 23.4 Å². The number of nitrogens with one attached hydrogen (secondary N) is 1. The van der Waals surface area contributed by atoms with Gasteiger partial charge in [-0.05, 0) is 29.2 Å². The average Bonchev–Trinajstić information content (AvgIpc) is 2.74. The molecule has 6 heteroatoms. The van der Waals surface area contributed by atoms with Crippen molar-refractivity contribution in [3.63, 3.8) is 0 Å². The maximum atomic E-state index is 10.4. The van der Waals surface area contributed by atoms with Crippen LogP contribution in [0.2, 0.25) is 5.02 Å². The molecule has 2 heterocycles. The van der Waals surface area contributed by atoms with Crippen molar-refractivity contribution >= 4 is 29.6 Å². The summed E-state index contributed by atoms with van der Waals surface area (Å²) in [6, 6.07) is 18.2. The lowest BCUT2D eigenvalue weighted by molar-refractivity contribution is 0.241. The lowest BCUT2D eigenvalue weighted by Crippen LogP contribution is -2.31. The molecule has 0 radical (unpaired) electrons. The fourth-order valence-corrected chi connectivity index (χ4v) is 5.02. The highest BCUT2D eigenvalue weighted by Crippen LogP contribution is 2.36. The Morgan fingerprint density at radius 1 is 1.10 bits per heavy atom. The van der Waals surface area contributed by atoms with Crippen LogP contribution in [0.3, 0.4) is 0 Å². The monoisotopic (exact) mass is 423 g/mol. The van der Waals surface area contributed by atoms with Gasteiger partial charge in [0.25, 0.3) is 0 Å². The number of thioether (sulfide) groups is 1. The number of fused-ring (bicyclic) bond motifs is 1. The molecule has 2 N–H and O–H groups in total. The summed E-state index contributed by atoms with van der Waals surface area (Å²) >= 11 is 7.89. The third-order valence-corrected chi connectivity index (χ3v) is 6.61. The van der Waals surface area contributed by atoms with Crippen LogP contribution in [0.4, 0.5) is 0 Å². The van der Waals surface area contributed by atoms with Crippen molar-refractivity contribution in [2.75, 3.05) is 6.54 Å². The zero-order valence-electron chi connectivity index (χ0n) is 15.9. The van der Waals surface area contributed by atoms with E-state index in [0.717, 1.165) is 52.8 Å². The molecular formula is C23H22ClN3OS. The van der Waals surface area contributed by atoms with Gasteiger partial charge in [-0.2, -0.15) is 0 Å². The molecule has 3 aromatic rings. The van der Waals surface area contributed by atoms with Crippen molar-refractivity contribution in [3.8, 4) is 5.88 Å². The van der Waals surface area contributed by atoms with Crippen molar-refractivity contribution in [1.29, 1.82) is 5.41 Å². The maximum absolute atomic E-state index is 10.4. The first-order valence-corrected chi connectivity index (χ1v) is 10.9. The molecule has 29 heavy (non-hydrogen) atoms. The molecule has 0 amide bonds. The number of hydrogen-bond donors (Lipinski definition) is 2. The zero-order chi connectivity index (χ0) is 20.2. The Hall–Kier alpha value is -2.34. The van der Waals surface area contributed by atoms with E-state index in [1.54, 1.807) is 11.8 Å². The molecule has 1 aromatic heterocycles. The molecule has 0 fully saturated rings. The number of aromatic hydroxyl groups is 1. The molecule has 1 aliphatic heterocycles. The quantitative estimate of drug-likeness (QED) is 0.417. The fraction of sp³-hybridized carbons (Fsp3) is 0.217. The largest absolute Gasteiger partial charge is 0.493 e. The number of pyridine rings is 1. The van der Waals surface area contributed by atoms with Gasteiger partial charge in [-0.3, -0.25) is 4.90 Å². The van der Waals surface area contributed by atoms with Crippen LogP contribution in [-0.2, 0) is 25.3 Å². The van der Waals surface area contributed by atoms with Gasteiger partial charge in [0, 0.05) is 42.2 Å². The van der Waals surface area contributed by atoms with E-state index in [-0.39, 0.29) is 5.88 Å². The Morgan fingerprint density at radius 2 is 1.86 bits per heavy atom. The molecule has 0 saturated carbocycles. The summed E-state index contributed by atoms with van der Waals surface area (Å²) in [4.78, 5) is 6.83. The number of rotatable bonds is 6. The highest BCUT2D eigenvalue weighted by molar-refractivity contribution is 7.98. The van der Waals surface area contributed by atoms with Gasteiger partial charge < -0.3 is 10.5 Å². The number of aromatic nitrogens is 1. The first kappa shape index (κ1) is 20.0. The van der Waals surface area contributed by atoms with E-state index in [1.807, 2.05) is 30.3 Å². The fourth-order valence-electron chi connectivity index (χ4n) is 3.68. The Kier molecular flexibility index (Phi) is 6.19. The molecule has 4 nitrogen and oxygen atoms in total. The van der Waals surface area contributed by atoms with Gasteiger partial charge in [0.2, 0.25) is 5.88 Å². The molecule has 0 saturated heterocycles. The highest BCUT2D eigenvalue weighted by Gasteiger charge is 2.25. The Bertz CT molecular complexity index is 1030. The number of hydrogen-bond acceptors (Lipinski definition) is 5.